The summed E-state index contributed by atoms with van der Waals surface area (Å²) in [5.74, 6) is -0.244. The molecule has 3 N–H and O–H groups in total. The average Bonchev–Trinajstić information content (AvgIpc) is 2.63. The topological polar surface area (TPSA) is 115 Å². The van der Waals surface area contributed by atoms with Crippen molar-refractivity contribution in [1.29, 1.82) is 0 Å². The molecule has 0 bridgehead atoms. The maximum absolute atomic E-state index is 13.3. The molecule has 0 atom stereocenters. The number of amides is 2. The van der Waals surface area contributed by atoms with Crippen LogP contribution in [0.25, 0.3) is 10.8 Å². The molecule has 1 heterocycles. The monoisotopic (exact) mass is 403 g/mol. The number of carbonyl (C=O) groups excluding carboxylic acids is 1. The van der Waals surface area contributed by atoms with Crippen molar-refractivity contribution >= 4 is 28.6 Å². The zero-order valence-electron chi connectivity index (χ0n) is 17.6. The van der Waals surface area contributed by atoms with Crippen molar-refractivity contribution in [3.05, 3.63) is 34.1 Å². The number of benzene rings is 1. The minimum Gasteiger partial charge on any atom is -0.489 e. The largest absolute Gasteiger partial charge is 0.489 e. The van der Waals surface area contributed by atoms with E-state index in [0.717, 1.165) is 17.7 Å². The van der Waals surface area contributed by atoms with Crippen molar-refractivity contribution in [2.45, 2.75) is 47.1 Å². The van der Waals surface area contributed by atoms with Crippen LogP contribution in [0.15, 0.2) is 23.0 Å². The van der Waals surface area contributed by atoms with Crippen LogP contribution in [0.5, 0.6) is 5.75 Å². The number of carboxylic acid groups (broad SMARTS) is 1. The molecule has 8 nitrogen and oxygen atoms in total. The average molecular weight is 403 g/mol. The fourth-order valence-electron chi connectivity index (χ4n) is 3.06. The molecule has 158 valence electrons. The number of nitrogens with zero attached hydrogens (tertiary/aromatic N) is 2. The van der Waals surface area contributed by atoms with Crippen LogP contribution < -0.4 is 20.9 Å². The lowest BCUT2D eigenvalue weighted by atomic mass is 9.96. The van der Waals surface area contributed by atoms with Gasteiger partial charge in [0, 0.05) is 24.5 Å². The van der Waals surface area contributed by atoms with Crippen LogP contribution in [0, 0.1) is 5.41 Å². The summed E-state index contributed by atoms with van der Waals surface area (Å²) < 4.78 is 7.42. The minimum absolute atomic E-state index is 0.141. The SMILES string of the molecule is CCCCOc1c(N(C)C(=O)O)n(CC(C)(C)C)c(=O)c2ccc(C(N)=O)cc12. The lowest BCUT2D eigenvalue weighted by Crippen LogP contribution is -2.35. The second-order valence-electron chi connectivity index (χ2n) is 8.27. The van der Waals surface area contributed by atoms with Crippen molar-refractivity contribution in [3.8, 4) is 5.75 Å². The Hall–Kier alpha value is -3.03. The Morgan fingerprint density at radius 3 is 2.41 bits per heavy atom. The van der Waals surface area contributed by atoms with Gasteiger partial charge in [-0.2, -0.15) is 0 Å². The minimum atomic E-state index is -1.22. The van der Waals surface area contributed by atoms with Gasteiger partial charge in [-0.05, 0) is 30.0 Å². The molecule has 0 spiro atoms. The van der Waals surface area contributed by atoms with Gasteiger partial charge < -0.3 is 15.6 Å². The molecule has 1 aromatic heterocycles. The number of nitrogens with two attached hydrogens (primary N) is 1. The number of fused-ring (bicyclic) bond motifs is 1. The zero-order valence-corrected chi connectivity index (χ0v) is 17.6. The highest BCUT2D eigenvalue weighted by Gasteiger charge is 2.27. The Balaban J connectivity index is 2.95. The second kappa shape index (κ2) is 8.55. The van der Waals surface area contributed by atoms with E-state index in [1.165, 1.54) is 29.8 Å². The van der Waals surface area contributed by atoms with Gasteiger partial charge in [-0.1, -0.05) is 34.1 Å². The number of ether oxygens (including phenoxy) is 1. The second-order valence-corrected chi connectivity index (χ2v) is 8.27. The first-order valence-corrected chi connectivity index (χ1v) is 9.57. The molecule has 1 aromatic carbocycles. The predicted octanol–water partition coefficient (Wildman–Crippen LogP) is 3.44. The van der Waals surface area contributed by atoms with Crippen LogP contribution in [0.2, 0.25) is 0 Å². The van der Waals surface area contributed by atoms with Crippen LogP contribution in [0.4, 0.5) is 10.6 Å². The lowest BCUT2D eigenvalue weighted by molar-refractivity contribution is 0.100. The first-order valence-electron chi connectivity index (χ1n) is 9.57. The molecule has 0 radical (unpaired) electrons. The Morgan fingerprint density at radius 1 is 1.24 bits per heavy atom. The lowest BCUT2D eigenvalue weighted by Gasteiger charge is -2.28. The summed E-state index contributed by atoms with van der Waals surface area (Å²) in [7, 11) is 1.37. The van der Waals surface area contributed by atoms with E-state index in [4.69, 9.17) is 10.5 Å². The van der Waals surface area contributed by atoms with E-state index in [1.807, 2.05) is 27.7 Å². The number of carbonyl (C=O) groups is 2. The van der Waals surface area contributed by atoms with Crippen LogP contribution >= 0.6 is 0 Å². The first-order chi connectivity index (χ1) is 13.5. The Bertz CT molecular complexity index is 988. The molecule has 8 heteroatoms. The number of hydrogen-bond acceptors (Lipinski definition) is 4. The van der Waals surface area contributed by atoms with E-state index >= 15 is 0 Å². The van der Waals surface area contributed by atoms with E-state index in [0.29, 0.717) is 17.4 Å². The third-order valence-electron chi connectivity index (χ3n) is 4.46. The van der Waals surface area contributed by atoms with Gasteiger partial charge in [-0.3, -0.25) is 19.1 Å². The molecule has 0 aliphatic heterocycles. The van der Waals surface area contributed by atoms with Crippen molar-refractivity contribution < 1.29 is 19.4 Å². The fraction of sp³-hybridized carbons (Fsp3) is 0.476. The molecule has 2 rings (SSSR count). The number of aromatic nitrogens is 1. The van der Waals surface area contributed by atoms with Crippen molar-refractivity contribution in [2.75, 3.05) is 18.6 Å². The van der Waals surface area contributed by atoms with Gasteiger partial charge in [0.25, 0.3) is 5.56 Å². The fourth-order valence-corrected chi connectivity index (χ4v) is 3.06. The number of anilines is 1. The number of unbranched alkanes of at least 4 members (excludes halogenated alkanes) is 1. The molecule has 0 saturated carbocycles. The molecule has 0 fully saturated rings. The maximum atomic E-state index is 13.3. The third kappa shape index (κ3) is 4.88. The van der Waals surface area contributed by atoms with Gasteiger partial charge in [0.1, 0.15) is 0 Å². The van der Waals surface area contributed by atoms with Gasteiger partial charge in [0.15, 0.2) is 11.6 Å². The van der Waals surface area contributed by atoms with Crippen molar-refractivity contribution in [2.24, 2.45) is 11.1 Å². The summed E-state index contributed by atoms with van der Waals surface area (Å²) >= 11 is 0. The normalized spacial score (nSPS) is 11.5. The molecule has 0 unspecified atom stereocenters. The summed E-state index contributed by atoms with van der Waals surface area (Å²) in [6, 6.07) is 4.51. The molecule has 2 aromatic rings. The highest BCUT2D eigenvalue weighted by atomic mass is 16.5. The summed E-state index contributed by atoms with van der Waals surface area (Å²) in [4.78, 5) is 37.7. The van der Waals surface area contributed by atoms with E-state index in [-0.39, 0.29) is 34.6 Å². The number of pyridine rings is 1. The molecular formula is C21H29N3O5. The van der Waals surface area contributed by atoms with Gasteiger partial charge in [0.2, 0.25) is 5.91 Å². The van der Waals surface area contributed by atoms with E-state index < -0.39 is 12.0 Å². The van der Waals surface area contributed by atoms with Crippen LogP contribution in [-0.4, -0.2) is 35.3 Å². The highest BCUT2D eigenvalue weighted by molar-refractivity contribution is 6.01. The maximum Gasteiger partial charge on any atom is 0.412 e. The Labute approximate surface area is 169 Å². The van der Waals surface area contributed by atoms with E-state index in [2.05, 4.69) is 0 Å². The zero-order chi connectivity index (χ0) is 21.9. The number of rotatable bonds is 7. The molecule has 29 heavy (non-hydrogen) atoms. The van der Waals surface area contributed by atoms with E-state index in [9.17, 15) is 19.5 Å². The number of hydrogen-bond donors (Lipinski definition) is 2. The van der Waals surface area contributed by atoms with Gasteiger partial charge >= 0.3 is 6.09 Å². The smallest absolute Gasteiger partial charge is 0.412 e. The predicted molar refractivity (Wildman–Crippen MR) is 113 cm³/mol. The Morgan fingerprint density at radius 2 is 1.90 bits per heavy atom. The first kappa shape index (κ1) is 22.3. The summed E-state index contributed by atoms with van der Waals surface area (Å²) in [5.41, 5.74) is 4.98. The molecule has 0 aliphatic rings. The third-order valence-corrected chi connectivity index (χ3v) is 4.46. The Kier molecular flexibility index (Phi) is 6.56. The standard InChI is InChI=1S/C21H29N3O5/c1-6-7-10-29-16-15-11-13(17(22)25)8-9-14(15)19(26)24(12-21(2,3)4)18(16)23(5)20(27)28/h8-9,11H,6-7,10,12H2,1-5H3,(H2,22,25)(H,27,28). The van der Waals surface area contributed by atoms with Gasteiger partial charge in [-0.15, -0.1) is 0 Å². The molecule has 0 saturated heterocycles. The van der Waals surface area contributed by atoms with E-state index in [1.54, 1.807) is 0 Å². The van der Waals surface area contributed by atoms with Crippen molar-refractivity contribution in [1.82, 2.24) is 4.57 Å². The molecule has 2 amide bonds. The van der Waals surface area contributed by atoms with Crippen LogP contribution in [0.3, 0.4) is 0 Å². The summed E-state index contributed by atoms with van der Waals surface area (Å²) in [5, 5.41) is 10.4. The highest BCUT2D eigenvalue weighted by Crippen LogP contribution is 2.36. The molecular weight excluding hydrogens is 374 g/mol. The number of primary amides is 1. The van der Waals surface area contributed by atoms with Gasteiger partial charge in [0.05, 0.1) is 12.0 Å². The van der Waals surface area contributed by atoms with Crippen LogP contribution in [0.1, 0.15) is 50.9 Å². The van der Waals surface area contributed by atoms with Gasteiger partial charge in [-0.25, -0.2) is 4.79 Å². The van der Waals surface area contributed by atoms with Crippen molar-refractivity contribution in [3.63, 3.8) is 0 Å². The van der Waals surface area contributed by atoms with Crippen LogP contribution in [-0.2, 0) is 6.54 Å². The molecule has 0 aliphatic carbocycles. The quantitative estimate of drug-likeness (QED) is 0.687. The summed E-state index contributed by atoms with van der Waals surface area (Å²) in [6.45, 7) is 8.53. The summed E-state index contributed by atoms with van der Waals surface area (Å²) in [6.07, 6.45) is 0.416.